The molecule has 0 atom stereocenters. The van der Waals surface area contributed by atoms with E-state index in [1.165, 1.54) is 0 Å². The summed E-state index contributed by atoms with van der Waals surface area (Å²) in [6.07, 6.45) is 7.66. The molecule has 2 heteroatoms. The van der Waals surface area contributed by atoms with Crippen molar-refractivity contribution in [2.24, 2.45) is 4.99 Å². The van der Waals surface area contributed by atoms with Gasteiger partial charge in [-0.05, 0) is 18.2 Å². The summed E-state index contributed by atoms with van der Waals surface area (Å²) in [6, 6.07) is 3.94. The van der Waals surface area contributed by atoms with Crippen LogP contribution in [0.1, 0.15) is 5.56 Å². The van der Waals surface area contributed by atoms with Crippen LogP contribution in [-0.4, -0.2) is 17.2 Å². The van der Waals surface area contributed by atoms with Gasteiger partial charge in [-0.3, -0.25) is 9.98 Å². The van der Waals surface area contributed by atoms with E-state index in [1.54, 1.807) is 6.20 Å². The van der Waals surface area contributed by atoms with Crippen LogP contribution in [0.5, 0.6) is 0 Å². The number of hydrogen-bond acceptors (Lipinski definition) is 2. The van der Waals surface area contributed by atoms with Crippen molar-refractivity contribution in [3.8, 4) is 0 Å². The van der Waals surface area contributed by atoms with Crippen LogP contribution in [-0.2, 0) is 0 Å². The zero-order chi connectivity index (χ0) is 7.52. The lowest BCUT2D eigenvalue weighted by molar-refractivity contribution is 1.27. The first-order chi connectivity index (χ1) is 5.47. The molecule has 11 heavy (non-hydrogen) atoms. The summed E-state index contributed by atoms with van der Waals surface area (Å²) < 4.78 is 0. The summed E-state index contributed by atoms with van der Waals surface area (Å²) in [6.45, 7) is 0.810. The highest BCUT2D eigenvalue weighted by Crippen LogP contribution is 2.04. The number of aliphatic imine (C=N–C) groups is 1. The van der Waals surface area contributed by atoms with E-state index in [9.17, 15) is 0 Å². The summed E-state index contributed by atoms with van der Waals surface area (Å²) in [4.78, 5) is 8.29. The summed E-state index contributed by atoms with van der Waals surface area (Å²) >= 11 is 0. The van der Waals surface area contributed by atoms with Crippen LogP contribution in [0.25, 0.3) is 0 Å². The van der Waals surface area contributed by atoms with Gasteiger partial charge in [0.15, 0.2) is 0 Å². The van der Waals surface area contributed by atoms with Gasteiger partial charge in [0.25, 0.3) is 0 Å². The van der Waals surface area contributed by atoms with E-state index >= 15 is 0 Å². The molecule has 0 unspecified atom stereocenters. The van der Waals surface area contributed by atoms with E-state index in [1.807, 2.05) is 30.5 Å². The maximum Gasteiger partial charge on any atom is 0.0663 e. The minimum Gasteiger partial charge on any atom is -0.281 e. The molecule has 2 nitrogen and oxygen atoms in total. The number of nitrogens with zero attached hydrogens (tertiary/aromatic N) is 2. The Morgan fingerprint density at radius 3 is 3.00 bits per heavy atom. The highest BCUT2D eigenvalue weighted by molar-refractivity contribution is 6.09. The summed E-state index contributed by atoms with van der Waals surface area (Å²) in [5.41, 5.74) is 2.14. The number of aromatic nitrogens is 1. The first-order valence-electron chi connectivity index (χ1n) is 3.58. The zero-order valence-corrected chi connectivity index (χ0v) is 6.07. The Hall–Kier alpha value is -1.44. The van der Waals surface area contributed by atoms with Gasteiger partial charge < -0.3 is 0 Å². The fraction of sp³-hybridized carbons (Fsp3) is 0.111. The highest BCUT2D eigenvalue weighted by atomic mass is 14.7. The molecule has 54 valence electrons. The molecule has 0 saturated heterocycles. The van der Waals surface area contributed by atoms with Gasteiger partial charge in [0.1, 0.15) is 0 Å². The number of hydrogen-bond donors (Lipinski definition) is 0. The fourth-order valence-corrected chi connectivity index (χ4v) is 1.07. The molecule has 0 bridgehead atoms. The van der Waals surface area contributed by atoms with Gasteiger partial charge in [-0.1, -0.05) is 6.08 Å². The molecule has 0 N–H and O–H groups in total. The predicted molar refractivity (Wildman–Crippen MR) is 44.8 cm³/mol. The first-order valence-corrected chi connectivity index (χ1v) is 3.58. The zero-order valence-electron chi connectivity index (χ0n) is 6.07. The smallest absolute Gasteiger partial charge is 0.0663 e. The minimum atomic E-state index is 0.810. The Morgan fingerprint density at radius 1 is 1.36 bits per heavy atom. The molecule has 1 aromatic rings. The molecule has 0 fully saturated rings. The van der Waals surface area contributed by atoms with E-state index < -0.39 is 0 Å². The van der Waals surface area contributed by atoms with Crippen LogP contribution in [0.4, 0.5) is 0 Å². The Kier molecular flexibility index (Phi) is 1.52. The van der Waals surface area contributed by atoms with Crippen LogP contribution in [0, 0.1) is 0 Å². The molecule has 0 aromatic carbocycles. The van der Waals surface area contributed by atoms with Crippen molar-refractivity contribution < 1.29 is 0 Å². The third-order valence-electron chi connectivity index (χ3n) is 1.60. The maximum atomic E-state index is 4.27. The second-order valence-corrected chi connectivity index (χ2v) is 2.37. The Balaban J connectivity index is 2.37. The maximum absolute atomic E-state index is 4.27. The molecule has 1 aromatic heterocycles. The molecule has 0 aliphatic carbocycles. The molecule has 1 aliphatic heterocycles. The molecule has 0 radical (unpaired) electrons. The molecule has 0 spiro atoms. The van der Waals surface area contributed by atoms with Gasteiger partial charge in [0.05, 0.1) is 12.3 Å². The largest absolute Gasteiger partial charge is 0.281 e. The van der Waals surface area contributed by atoms with Crippen molar-refractivity contribution in [1.29, 1.82) is 0 Å². The molecule has 0 amide bonds. The van der Waals surface area contributed by atoms with Gasteiger partial charge in [-0.2, -0.15) is 0 Å². The molecule has 0 saturated carbocycles. The van der Waals surface area contributed by atoms with Crippen molar-refractivity contribution in [1.82, 2.24) is 4.98 Å². The minimum absolute atomic E-state index is 0.810. The van der Waals surface area contributed by atoms with Crippen molar-refractivity contribution >= 4 is 5.71 Å². The second-order valence-electron chi connectivity index (χ2n) is 2.37. The van der Waals surface area contributed by atoms with Gasteiger partial charge in [0, 0.05) is 18.0 Å². The van der Waals surface area contributed by atoms with E-state index in [2.05, 4.69) is 9.98 Å². The van der Waals surface area contributed by atoms with Gasteiger partial charge in [0.2, 0.25) is 0 Å². The highest BCUT2D eigenvalue weighted by Gasteiger charge is 2.00. The van der Waals surface area contributed by atoms with E-state index in [4.69, 9.17) is 0 Å². The SMILES string of the molecule is C1=CC(c2cccnc2)=NC1. The third-order valence-corrected chi connectivity index (χ3v) is 1.60. The number of allylic oxidation sites excluding steroid dienone is 1. The van der Waals surface area contributed by atoms with Crippen molar-refractivity contribution in [2.45, 2.75) is 0 Å². The summed E-state index contributed by atoms with van der Waals surface area (Å²) in [5.74, 6) is 0. The molecular formula is C9H8N2. The monoisotopic (exact) mass is 144 g/mol. The lowest BCUT2D eigenvalue weighted by Crippen LogP contribution is -1.93. The predicted octanol–water partition coefficient (Wildman–Crippen LogP) is 1.44. The van der Waals surface area contributed by atoms with Crippen LogP contribution >= 0.6 is 0 Å². The van der Waals surface area contributed by atoms with Crippen molar-refractivity contribution in [2.75, 3.05) is 6.54 Å². The van der Waals surface area contributed by atoms with Gasteiger partial charge >= 0.3 is 0 Å². The normalized spacial score (nSPS) is 15.1. The van der Waals surface area contributed by atoms with E-state index in [0.29, 0.717) is 0 Å². The molecule has 2 heterocycles. The third kappa shape index (κ3) is 1.19. The van der Waals surface area contributed by atoms with E-state index in [-0.39, 0.29) is 0 Å². The van der Waals surface area contributed by atoms with Crippen molar-refractivity contribution in [3.05, 3.63) is 42.2 Å². The molecule has 1 aliphatic rings. The first kappa shape index (κ1) is 6.28. The van der Waals surface area contributed by atoms with Crippen LogP contribution in [0.2, 0.25) is 0 Å². The molecule has 2 rings (SSSR count). The fourth-order valence-electron chi connectivity index (χ4n) is 1.07. The Morgan fingerprint density at radius 2 is 2.36 bits per heavy atom. The van der Waals surface area contributed by atoms with E-state index in [0.717, 1.165) is 17.8 Å². The summed E-state index contributed by atoms with van der Waals surface area (Å²) in [5, 5.41) is 0. The summed E-state index contributed by atoms with van der Waals surface area (Å²) in [7, 11) is 0. The van der Waals surface area contributed by atoms with Crippen LogP contribution in [0.15, 0.2) is 41.7 Å². The van der Waals surface area contributed by atoms with Crippen LogP contribution in [0.3, 0.4) is 0 Å². The standard InChI is InChI=1S/C9H8N2/c1-3-8(7-10-5-1)9-4-2-6-11-9/h1-5,7H,6H2. The number of rotatable bonds is 1. The second kappa shape index (κ2) is 2.66. The molecular weight excluding hydrogens is 136 g/mol. The van der Waals surface area contributed by atoms with Gasteiger partial charge in [-0.25, -0.2) is 0 Å². The quantitative estimate of drug-likeness (QED) is 0.585. The average Bonchev–Trinajstić information content (AvgIpc) is 2.58. The van der Waals surface area contributed by atoms with Crippen molar-refractivity contribution in [3.63, 3.8) is 0 Å². The Bertz CT molecular complexity index is 299. The number of pyridine rings is 1. The lowest BCUT2D eigenvalue weighted by atomic mass is 10.2. The van der Waals surface area contributed by atoms with Gasteiger partial charge in [-0.15, -0.1) is 0 Å². The van der Waals surface area contributed by atoms with Crippen LogP contribution < -0.4 is 0 Å². The lowest BCUT2D eigenvalue weighted by Gasteiger charge is -1.94. The average molecular weight is 144 g/mol. The topological polar surface area (TPSA) is 25.2 Å². The Labute approximate surface area is 65.3 Å².